The van der Waals surface area contributed by atoms with Crippen molar-refractivity contribution < 1.29 is 18.9 Å². The second-order valence-electron chi connectivity index (χ2n) is 7.97. The van der Waals surface area contributed by atoms with Crippen LogP contribution in [-0.2, 0) is 41.8 Å². The summed E-state index contributed by atoms with van der Waals surface area (Å²) < 4.78 is 6.94. The fourth-order valence-electron chi connectivity index (χ4n) is 4.31. The number of pyridine rings is 1. The summed E-state index contributed by atoms with van der Waals surface area (Å²) in [6.45, 7) is 2.47. The second-order valence-corrected chi connectivity index (χ2v) is 9.08. The van der Waals surface area contributed by atoms with Crippen LogP contribution >= 0.6 is 11.3 Å². The van der Waals surface area contributed by atoms with Crippen LogP contribution in [0.15, 0.2) is 18.5 Å². The summed E-state index contributed by atoms with van der Waals surface area (Å²) in [5, 5.41) is 3.62. The minimum atomic E-state index is -0.358. The lowest BCUT2D eigenvalue weighted by Gasteiger charge is -2.18. The SMILES string of the molecule is COC(=O)c1c(NC(=O)C[n+]2ccc3c(c2)CCCC3)sc2c1CC[C@@H](C)C2. The molecule has 0 radical (unpaired) electrons. The number of thiophene rings is 1. The van der Waals surface area contributed by atoms with Gasteiger partial charge in [0.05, 0.1) is 12.7 Å². The highest BCUT2D eigenvalue weighted by atomic mass is 32.1. The number of esters is 1. The normalized spacial score (nSPS) is 18.1. The number of carbonyl (C=O) groups excluding carboxylic acids is 2. The molecule has 2 aromatic heterocycles. The Balaban J connectivity index is 1.53. The third-order valence-electron chi connectivity index (χ3n) is 5.82. The van der Waals surface area contributed by atoms with Gasteiger partial charge in [-0.1, -0.05) is 6.92 Å². The summed E-state index contributed by atoms with van der Waals surface area (Å²) in [5.41, 5.74) is 4.36. The summed E-state index contributed by atoms with van der Waals surface area (Å²) in [6.07, 6.45) is 11.6. The average Bonchev–Trinajstić information content (AvgIpc) is 3.03. The molecule has 6 heteroatoms. The van der Waals surface area contributed by atoms with E-state index in [-0.39, 0.29) is 18.4 Å². The van der Waals surface area contributed by atoms with Gasteiger partial charge in [-0.2, -0.15) is 4.57 Å². The molecule has 1 amide bonds. The zero-order valence-corrected chi connectivity index (χ0v) is 17.4. The Bertz CT molecular complexity index is 919. The van der Waals surface area contributed by atoms with Gasteiger partial charge in [-0.15, -0.1) is 11.3 Å². The van der Waals surface area contributed by atoms with Gasteiger partial charge in [0.1, 0.15) is 5.00 Å². The summed E-state index contributed by atoms with van der Waals surface area (Å²) in [7, 11) is 1.40. The fraction of sp³-hybridized carbons (Fsp3) is 0.500. The molecule has 148 valence electrons. The number of nitrogens with zero attached hydrogens (tertiary/aromatic N) is 1. The number of aromatic nitrogens is 1. The van der Waals surface area contributed by atoms with Crippen LogP contribution in [0.2, 0.25) is 0 Å². The Hall–Kier alpha value is -2.21. The number of methoxy groups -OCH3 is 1. The third-order valence-corrected chi connectivity index (χ3v) is 6.99. The number of hydrogen-bond donors (Lipinski definition) is 1. The smallest absolute Gasteiger partial charge is 0.341 e. The van der Waals surface area contributed by atoms with Crippen LogP contribution in [0.1, 0.15) is 58.1 Å². The minimum Gasteiger partial charge on any atom is -0.465 e. The van der Waals surface area contributed by atoms with Gasteiger partial charge in [-0.3, -0.25) is 4.79 Å². The van der Waals surface area contributed by atoms with E-state index in [4.69, 9.17) is 4.74 Å². The van der Waals surface area contributed by atoms with Crippen molar-refractivity contribution in [2.24, 2.45) is 5.92 Å². The van der Waals surface area contributed by atoms with Crippen LogP contribution in [0.4, 0.5) is 5.00 Å². The number of anilines is 1. The Kier molecular flexibility index (Phi) is 5.49. The van der Waals surface area contributed by atoms with Crippen molar-refractivity contribution in [2.45, 2.75) is 58.4 Å². The quantitative estimate of drug-likeness (QED) is 0.633. The van der Waals surface area contributed by atoms with E-state index in [1.807, 2.05) is 10.8 Å². The highest BCUT2D eigenvalue weighted by Gasteiger charge is 2.29. The molecular weight excluding hydrogens is 372 g/mol. The predicted molar refractivity (Wildman–Crippen MR) is 109 cm³/mol. The molecule has 0 unspecified atom stereocenters. The number of carbonyl (C=O) groups is 2. The molecule has 0 bridgehead atoms. The van der Waals surface area contributed by atoms with Gasteiger partial charge in [-0.25, -0.2) is 4.79 Å². The maximum Gasteiger partial charge on any atom is 0.341 e. The first-order valence-electron chi connectivity index (χ1n) is 10.1. The van der Waals surface area contributed by atoms with E-state index in [1.54, 1.807) is 0 Å². The van der Waals surface area contributed by atoms with Crippen molar-refractivity contribution in [1.82, 2.24) is 0 Å². The number of nitrogens with one attached hydrogen (secondary N) is 1. The standard InChI is InChI=1S/C22H26N2O3S/c1-14-7-8-17-18(11-14)28-21(20(17)22(26)27-2)23-19(25)13-24-10-9-15-5-3-4-6-16(15)12-24/h9-10,12,14H,3-8,11,13H2,1-2H3/p+1/t14-/m1/s1. The molecule has 2 aromatic rings. The van der Waals surface area contributed by atoms with E-state index in [9.17, 15) is 9.59 Å². The Morgan fingerprint density at radius 2 is 2.04 bits per heavy atom. The number of ether oxygens (including phenoxy) is 1. The molecule has 2 aliphatic rings. The first-order valence-corrected chi connectivity index (χ1v) is 10.9. The molecule has 28 heavy (non-hydrogen) atoms. The summed E-state index contributed by atoms with van der Waals surface area (Å²) in [6, 6.07) is 2.13. The predicted octanol–water partition coefficient (Wildman–Crippen LogP) is 3.46. The summed E-state index contributed by atoms with van der Waals surface area (Å²) in [4.78, 5) is 26.3. The van der Waals surface area contributed by atoms with Gasteiger partial charge < -0.3 is 10.1 Å². The lowest BCUT2D eigenvalue weighted by molar-refractivity contribution is -0.684. The van der Waals surface area contributed by atoms with E-state index in [2.05, 4.69) is 24.5 Å². The molecule has 0 saturated heterocycles. The van der Waals surface area contributed by atoms with E-state index in [0.29, 0.717) is 16.5 Å². The van der Waals surface area contributed by atoms with Crippen molar-refractivity contribution in [3.63, 3.8) is 0 Å². The lowest BCUT2D eigenvalue weighted by atomic mass is 9.88. The first-order chi connectivity index (χ1) is 13.5. The number of aryl methyl sites for hydroxylation is 2. The molecule has 2 aliphatic carbocycles. The number of fused-ring (bicyclic) bond motifs is 2. The van der Waals surface area contributed by atoms with Crippen LogP contribution in [0.25, 0.3) is 0 Å². The van der Waals surface area contributed by atoms with Crippen molar-refractivity contribution in [2.75, 3.05) is 12.4 Å². The largest absolute Gasteiger partial charge is 0.465 e. The van der Waals surface area contributed by atoms with Crippen LogP contribution in [0.3, 0.4) is 0 Å². The number of rotatable bonds is 4. The van der Waals surface area contributed by atoms with Gasteiger partial charge in [0.2, 0.25) is 6.54 Å². The van der Waals surface area contributed by atoms with Crippen molar-refractivity contribution in [3.05, 3.63) is 45.6 Å². The van der Waals surface area contributed by atoms with Crippen LogP contribution < -0.4 is 9.88 Å². The molecule has 2 heterocycles. The van der Waals surface area contributed by atoms with Gasteiger partial charge >= 0.3 is 5.97 Å². The van der Waals surface area contributed by atoms with Crippen molar-refractivity contribution >= 4 is 28.2 Å². The van der Waals surface area contributed by atoms with Gasteiger partial charge in [0, 0.05) is 16.5 Å². The zero-order chi connectivity index (χ0) is 19.7. The van der Waals surface area contributed by atoms with E-state index in [0.717, 1.165) is 37.7 Å². The molecule has 0 spiro atoms. The summed E-state index contributed by atoms with van der Waals surface area (Å²) >= 11 is 1.53. The van der Waals surface area contributed by atoms with Crippen molar-refractivity contribution in [1.29, 1.82) is 0 Å². The maximum absolute atomic E-state index is 12.7. The maximum atomic E-state index is 12.7. The van der Waals surface area contributed by atoms with Crippen molar-refractivity contribution in [3.8, 4) is 0 Å². The topological polar surface area (TPSA) is 59.3 Å². The van der Waals surface area contributed by atoms with E-state index < -0.39 is 0 Å². The minimum absolute atomic E-state index is 0.113. The molecule has 0 saturated carbocycles. The highest BCUT2D eigenvalue weighted by Crippen LogP contribution is 2.40. The third kappa shape index (κ3) is 3.83. The Morgan fingerprint density at radius 3 is 2.82 bits per heavy atom. The molecule has 0 fully saturated rings. The van der Waals surface area contributed by atoms with Gasteiger partial charge in [0.25, 0.3) is 5.91 Å². The lowest BCUT2D eigenvalue weighted by Crippen LogP contribution is -2.40. The van der Waals surface area contributed by atoms with E-state index in [1.165, 1.54) is 47.3 Å². The molecule has 0 aromatic carbocycles. The molecule has 5 nitrogen and oxygen atoms in total. The molecule has 1 N–H and O–H groups in total. The van der Waals surface area contributed by atoms with Crippen LogP contribution in [0, 0.1) is 5.92 Å². The van der Waals surface area contributed by atoms with Gasteiger partial charge in [0.15, 0.2) is 12.4 Å². The molecule has 0 aliphatic heterocycles. The Labute approximate surface area is 169 Å². The van der Waals surface area contributed by atoms with E-state index >= 15 is 0 Å². The summed E-state index contributed by atoms with van der Waals surface area (Å²) in [5.74, 6) is 0.132. The van der Waals surface area contributed by atoms with Gasteiger partial charge in [-0.05, 0) is 62.0 Å². The first kappa shape index (κ1) is 19.1. The average molecular weight is 400 g/mol. The zero-order valence-electron chi connectivity index (χ0n) is 16.5. The fourth-order valence-corrected chi connectivity index (χ4v) is 5.72. The Morgan fingerprint density at radius 1 is 1.25 bits per heavy atom. The second kappa shape index (κ2) is 8.03. The molecule has 4 rings (SSSR count). The number of amides is 1. The van der Waals surface area contributed by atoms with Crippen LogP contribution in [-0.4, -0.2) is 19.0 Å². The number of hydrogen-bond acceptors (Lipinski definition) is 4. The molecular formula is C22H27N2O3S+. The highest BCUT2D eigenvalue weighted by molar-refractivity contribution is 7.17. The monoisotopic (exact) mass is 399 g/mol. The van der Waals surface area contributed by atoms with Crippen LogP contribution in [0.5, 0.6) is 0 Å². The molecule has 1 atom stereocenters.